The normalized spacial score (nSPS) is 18.7. The minimum atomic E-state index is -0.106. The molecule has 1 atom stereocenters. The molecule has 1 aromatic rings. The van der Waals surface area contributed by atoms with E-state index in [9.17, 15) is 15.3 Å². The Bertz CT molecular complexity index is 392. The van der Waals surface area contributed by atoms with Gasteiger partial charge in [0.1, 0.15) is 0 Å². The second kappa shape index (κ2) is 6.04. The molecule has 1 aromatic carbocycles. The predicted octanol–water partition coefficient (Wildman–Crippen LogP) is 0.426. The Morgan fingerprint density at radius 3 is 2.61 bits per heavy atom. The summed E-state index contributed by atoms with van der Waals surface area (Å²) in [5.41, 5.74) is 0.686. The first-order chi connectivity index (χ1) is 8.74. The number of hydrogen-bond acceptors (Lipinski definition) is 5. The van der Waals surface area contributed by atoms with Gasteiger partial charge < -0.3 is 20.6 Å². The zero-order valence-corrected chi connectivity index (χ0v) is 10.3. The third-order valence-corrected chi connectivity index (χ3v) is 3.40. The van der Waals surface area contributed by atoms with Crippen LogP contribution >= 0.6 is 0 Å². The van der Waals surface area contributed by atoms with Crippen molar-refractivity contribution in [2.75, 3.05) is 32.8 Å². The molecule has 100 valence electrons. The van der Waals surface area contributed by atoms with Gasteiger partial charge in [0, 0.05) is 44.4 Å². The van der Waals surface area contributed by atoms with Crippen LogP contribution in [0.25, 0.3) is 0 Å². The highest BCUT2D eigenvalue weighted by Crippen LogP contribution is 2.36. The summed E-state index contributed by atoms with van der Waals surface area (Å²) in [5, 5.41) is 32.0. The lowest BCUT2D eigenvalue weighted by Crippen LogP contribution is -2.45. The summed E-state index contributed by atoms with van der Waals surface area (Å²) in [6, 6.07) is 4.94. The summed E-state index contributed by atoms with van der Waals surface area (Å²) < 4.78 is 0. The van der Waals surface area contributed by atoms with Gasteiger partial charge in [-0.2, -0.15) is 0 Å². The highest BCUT2D eigenvalue weighted by Gasteiger charge is 2.24. The third-order valence-electron chi connectivity index (χ3n) is 3.40. The molecule has 0 radical (unpaired) electrons. The predicted molar refractivity (Wildman–Crippen MR) is 68.7 cm³/mol. The van der Waals surface area contributed by atoms with Crippen LogP contribution < -0.4 is 5.32 Å². The van der Waals surface area contributed by atoms with Crippen molar-refractivity contribution in [1.82, 2.24) is 10.2 Å². The van der Waals surface area contributed by atoms with Crippen LogP contribution in [0, 0.1) is 0 Å². The largest absolute Gasteiger partial charge is 0.504 e. The van der Waals surface area contributed by atoms with E-state index in [4.69, 9.17) is 0 Å². The Kier molecular flexibility index (Phi) is 4.41. The number of hydrogen-bond donors (Lipinski definition) is 4. The Morgan fingerprint density at radius 1 is 1.22 bits per heavy atom. The van der Waals surface area contributed by atoms with Crippen molar-refractivity contribution in [3.63, 3.8) is 0 Å². The second-order valence-corrected chi connectivity index (χ2v) is 4.53. The average molecular weight is 252 g/mol. The minimum Gasteiger partial charge on any atom is -0.504 e. The van der Waals surface area contributed by atoms with Crippen molar-refractivity contribution in [3.8, 4) is 11.5 Å². The summed E-state index contributed by atoms with van der Waals surface area (Å²) in [6.07, 6.45) is 0.553. The summed E-state index contributed by atoms with van der Waals surface area (Å²) in [7, 11) is 0. The van der Waals surface area contributed by atoms with Crippen LogP contribution in [0.1, 0.15) is 18.0 Å². The first-order valence-electron chi connectivity index (χ1n) is 6.30. The zero-order valence-electron chi connectivity index (χ0n) is 10.3. The number of piperazine rings is 1. The molecule has 0 spiro atoms. The van der Waals surface area contributed by atoms with Crippen molar-refractivity contribution in [1.29, 1.82) is 0 Å². The zero-order chi connectivity index (χ0) is 13.0. The molecule has 1 heterocycles. The van der Waals surface area contributed by atoms with Crippen molar-refractivity contribution in [2.24, 2.45) is 0 Å². The van der Waals surface area contributed by atoms with E-state index < -0.39 is 0 Å². The van der Waals surface area contributed by atoms with Crippen molar-refractivity contribution < 1.29 is 15.3 Å². The molecule has 1 aliphatic heterocycles. The van der Waals surface area contributed by atoms with Crippen LogP contribution in [-0.2, 0) is 0 Å². The van der Waals surface area contributed by atoms with Crippen LogP contribution in [0.15, 0.2) is 18.2 Å². The minimum absolute atomic E-state index is 0.0517. The van der Waals surface area contributed by atoms with E-state index in [-0.39, 0.29) is 24.1 Å². The Hall–Kier alpha value is -1.30. The van der Waals surface area contributed by atoms with Crippen molar-refractivity contribution in [3.05, 3.63) is 23.8 Å². The number of aromatic hydroxyl groups is 2. The van der Waals surface area contributed by atoms with E-state index in [1.807, 2.05) is 0 Å². The molecule has 1 aliphatic rings. The molecule has 5 heteroatoms. The van der Waals surface area contributed by atoms with Crippen LogP contribution in [0.4, 0.5) is 0 Å². The van der Waals surface area contributed by atoms with Gasteiger partial charge in [0.15, 0.2) is 11.5 Å². The molecule has 0 saturated carbocycles. The number of nitrogens with zero attached hydrogens (tertiary/aromatic N) is 1. The van der Waals surface area contributed by atoms with Gasteiger partial charge in [-0.05, 0) is 12.5 Å². The molecule has 0 unspecified atom stereocenters. The van der Waals surface area contributed by atoms with Gasteiger partial charge in [-0.25, -0.2) is 0 Å². The number of aliphatic hydroxyl groups is 1. The average Bonchev–Trinajstić information content (AvgIpc) is 2.41. The van der Waals surface area contributed by atoms with Crippen LogP contribution in [-0.4, -0.2) is 53.0 Å². The van der Waals surface area contributed by atoms with E-state index in [1.165, 1.54) is 6.07 Å². The lowest BCUT2D eigenvalue weighted by atomic mass is 10.00. The number of para-hydroxylation sites is 1. The Morgan fingerprint density at radius 2 is 1.94 bits per heavy atom. The molecule has 0 amide bonds. The molecule has 1 saturated heterocycles. The van der Waals surface area contributed by atoms with Gasteiger partial charge in [-0.15, -0.1) is 0 Å². The van der Waals surface area contributed by atoms with Crippen molar-refractivity contribution in [2.45, 2.75) is 12.5 Å². The highest BCUT2D eigenvalue weighted by atomic mass is 16.3. The summed E-state index contributed by atoms with van der Waals surface area (Å²) >= 11 is 0. The van der Waals surface area contributed by atoms with E-state index in [1.54, 1.807) is 12.1 Å². The molecule has 1 fully saturated rings. The molecular weight excluding hydrogens is 232 g/mol. The molecule has 5 nitrogen and oxygen atoms in total. The number of rotatable bonds is 4. The fourth-order valence-electron chi connectivity index (χ4n) is 2.47. The standard InChI is InChI=1S/C13H20N2O3/c16-9-4-11(15-7-5-14-6-8-15)10-2-1-3-12(17)13(10)18/h1-3,11,14,16-18H,4-9H2/t11-/m1/s1. The molecule has 4 N–H and O–H groups in total. The summed E-state index contributed by atoms with van der Waals surface area (Å²) in [6.45, 7) is 3.62. The number of phenolic OH excluding ortho intramolecular Hbond substituents is 2. The Labute approximate surface area is 107 Å². The molecule has 0 aromatic heterocycles. The van der Waals surface area contributed by atoms with Crippen LogP contribution in [0.3, 0.4) is 0 Å². The third kappa shape index (κ3) is 2.75. The number of nitrogens with one attached hydrogen (secondary N) is 1. The van der Waals surface area contributed by atoms with Gasteiger partial charge in [-0.3, -0.25) is 4.90 Å². The van der Waals surface area contributed by atoms with Gasteiger partial charge in [0.2, 0.25) is 0 Å². The number of benzene rings is 1. The summed E-state index contributed by atoms with van der Waals surface area (Å²) in [5.74, 6) is -0.181. The maximum Gasteiger partial charge on any atom is 0.162 e. The smallest absolute Gasteiger partial charge is 0.162 e. The first kappa shape index (κ1) is 13.1. The number of phenols is 2. The maximum absolute atomic E-state index is 9.95. The molecule has 2 rings (SSSR count). The fraction of sp³-hybridized carbons (Fsp3) is 0.538. The lowest BCUT2D eigenvalue weighted by Gasteiger charge is -2.35. The van der Waals surface area contributed by atoms with E-state index in [0.29, 0.717) is 12.0 Å². The van der Waals surface area contributed by atoms with Gasteiger partial charge in [-0.1, -0.05) is 12.1 Å². The molecule has 18 heavy (non-hydrogen) atoms. The highest BCUT2D eigenvalue weighted by molar-refractivity contribution is 5.46. The van der Waals surface area contributed by atoms with E-state index >= 15 is 0 Å². The quantitative estimate of drug-likeness (QED) is 0.585. The maximum atomic E-state index is 9.95. The second-order valence-electron chi connectivity index (χ2n) is 4.53. The SMILES string of the molecule is OCC[C@H](c1cccc(O)c1O)N1CCNCC1. The number of aliphatic hydroxyl groups excluding tert-OH is 1. The fourth-order valence-corrected chi connectivity index (χ4v) is 2.47. The molecule has 0 bridgehead atoms. The van der Waals surface area contributed by atoms with Gasteiger partial charge in [0.25, 0.3) is 0 Å². The topological polar surface area (TPSA) is 76.0 Å². The van der Waals surface area contributed by atoms with Gasteiger partial charge >= 0.3 is 0 Å². The van der Waals surface area contributed by atoms with Crippen LogP contribution in [0.5, 0.6) is 11.5 Å². The Balaban J connectivity index is 2.25. The summed E-state index contributed by atoms with van der Waals surface area (Å²) in [4.78, 5) is 2.22. The lowest BCUT2D eigenvalue weighted by molar-refractivity contribution is 0.138. The van der Waals surface area contributed by atoms with Gasteiger partial charge in [0.05, 0.1) is 0 Å². The first-order valence-corrected chi connectivity index (χ1v) is 6.30. The van der Waals surface area contributed by atoms with E-state index in [2.05, 4.69) is 10.2 Å². The van der Waals surface area contributed by atoms with Crippen molar-refractivity contribution >= 4 is 0 Å². The monoisotopic (exact) mass is 252 g/mol. The molecule has 0 aliphatic carbocycles. The van der Waals surface area contributed by atoms with Crippen LogP contribution in [0.2, 0.25) is 0 Å². The van der Waals surface area contributed by atoms with E-state index in [0.717, 1.165) is 26.2 Å². The molecular formula is C13H20N2O3.